The highest BCUT2D eigenvalue weighted by atomic mass is 32.1. The molecule has 1 aliphatic heterocycles. The Hall–Kier alpha value is -0.380. The van der Waals surface area contributed by atoms with Crippen molar-refractivity contribution in [3.8, 4) is 0 Å². The molecule has 1 aromatic heterocycles. The quantitative estimate of drug-likeness (QED) is 0.825. The highest BCUT2D eigenvalue weighted by Crippen LogP contribution is 2.13. The Kier molecular flexibility index (Phi) is 3.98. The number of thiophene rings is 1. The van der Waals surface area contributed by atoms with Gasteiger partial charge in [-0.3, -0.25) is 0 Å². The molecular weight excluding hydrogens is 194 g/mol. The lowest BCUT2D eigenvalue weighted by Gasteiger charge is -2.22. The molecule has 1 N–H and O–H groups in total. The summed E-state index contributed by atoms with van der Waals surface area (Å²) in [6.45, 7) is 4.00. The summed E-state index contributed by atoms with van der Waals surface area (Å²) in [5.74, 6) is 0.726. The third-order valence-corrected chi connectivity index (χ3v) is 3.43. The van der Waals surface area contributed by atoms with Gasteiger partial charge in [0, 0.05) is 11.4 Å². The molecule has 0 radical (unpaired) electrons. The minimum Gasteiger partial charge on any atom is -0.376 e. The second-order valence-electron chi connectivity index (χ2n) is 3.81. The maximum Gasteiger partial charge on any atom is 0.0809 e. The maximum absolute atomic E-state index is 5.69. The number of hydrogen-bond donors (Lipinski definition) is 1. The largest absolute Gasteiger partial charge is 0.376 e. The molecule has 0 amide bonds. The number of piperidine rings is 1. The molecule has 1 saturated heterocycles. The van der Waals surface area contributed by atoms with Crippen LogP contribution in [0.4, 0.5) is 0 Å². The fourth-order valence-corrected chi connectivity index (χ4v) is 2.43. The summed E-state index contributed by atoms with van der Waals surface area (Å²) in [7, 11) is 0. The minimum atomic E-state index is 0.726. The van der Waals surface area contributed by atoms with Crippen LogP contribution in [0.3, 0.4) is 0 Å². The Morgan fingerprint density at radius 3 is 3.29 bits per heavy atom. The number of nitrogens with one attached hydrogen (secondary N) is 1. The smallest absolute Gasteiger partial charge is 0.0809 e. The van der Waals surface area contributed by atoms with E-state index in [2.05, 4.69) is 22.8 Å². The van der Waals surface area contributed by atoms with Crippen LogP contribution in [0.15, 0.2) is 17.5 Å². The standard InChI is InChI=1S/C11H17NOS/c1-3-10(7-12-5-1)8-13-9-11-4-2-6-14-11/h2,4,6,10,12H,1,3,5,7-9H2. The van der Waals surface area contributed by atoms with Crippen LogP contribution >= 0.6 is 11.3 Å². The number of rotatable bonds is 4. The summed E-state index contributed by atoms with van der Waals surface area (Å²) in [5, 5.41) is 5.50. The predicted molar refractivity (Wildman–Crippen MR) is 59.6 cm³/mol. The molecule has 0 aliphatic carbocycles. The zero-order valence-corrected chi connectivity index (χ0v) is 9.19. The third kappa shape index (κ3) is 3.08. The molecule has 1 aromatic rings. The zero-order valence-electron chi connectivity index (χ0n) is 8.37. The van der Waals surface area contributed by atoms with Crippen molar-refractivity contribution in [2.24, 2.45) is 5.92 Å². The van der Waals surface area contributed by atoms with Gasteiger partial charge in [-0.2, -0.15) is 0 Å². The van der Waals surface area contributed by atoms with E-state index in [4.69, 9.17) is 4.74 Å². The lowest BCUT2D eigenvalue weighted by atomic mass is 10.0. The van der Waals surface area contributed by atoms with Gasteiger partial charge in [-0.15, -0.1) is 11.3 Å². The van der Waals surface area contributed by atoms with Gasteiger partial charge in [0.2, 0.25) is 0 Å². The van der Waals surface area contributed by atoms with Gasteiger partial charge in [-0.25, -0.2) is 0 Å². The SMILES string of the molecule is c1csc(COCC2CCCNC2)c1. The van der Waals surface area contributed by atoms with E-state index in [-0.39, 0.29) is 0 Å². The lowest BCUT2D eigenvalue weighted by Crippen LogP contribution is -2.32. The van der Waals surface area contributed by atoms with E-state index in [9.17, 15) is 0 Å². The highest BCUT2D eigenvalue weighted by molar-refractivity contribution is 7.09. The van der Waals surface area contributed by atoms with Gasteiger partial charge in [0.1, 0.15) is 0 Å². The van der Waals surface area contributed by atoms with Crippen LogP contribution in [0.2, 0.25) is 0 Å². The van der Waals surface area contributed by atoms with Gasteiger partial charge in [-0.05, 0) is 36.8 Å². The Balaban J connectivity index is 1.62. The van der Waals surface area contributed by atoms with Gasteiger partial charge in [0.15, 0.2) is 0 Å². The van der Waals surface area contributed by atoms with Gasteiger partial charge in [0.25, 0.3) is 0 Å². The molecule has 1 aliphatic rings. The minimum absolute atomic E-state index is 0.726. The molecule has 1 atom stereocenters. The van der Waals surface area contributed by atoms with E-state index in [1.54, 1.807) is 11.3 Å². The van der Waals surface area contributed by atoms with Crippen LogP contribution in [-0.2, 0) is 11.3 Å². The van der Waals surface area contributed by atoms with Crippen molar-refractivity contribution in [1.29, 1.82) is 0 Å². The predicted octanol–water partition coefficient (Wildman–Crippen LogP) is 2.26. The first kappa shape index (κ1) is 10.1. The maximum atomic E-state index is 5.69. The first-order valence-electron chi connectivity index (χ1n) is 5.26. The Morgan fingerprint density at radius 2 is 2.57 bits per heavy atom. The molecule has 2 rings (SSSR count). The molecule has 2 heterocycles. The normalized spacial score (nSPS) is 22.4. The highest BCUT2D eigenvalue weighted by Gasteiger charge is 2.12. The van der Waals surface area contributed by atoms with Crippen LogP contribution in [0.25, 0.3) is 0 Å². The fraction of sp³-hybridized carbons (Fsp3) is 0.636. The van der Waals surface area contributed by atoms with E-state index >= 15 is 0 Å². The first-order valence-corrected chi connectivity index (χ1v) is 6.14. The van der Waals surface area contributed by atoms with E-state index in [0.717, 1.165) is 25.7 Å². The van der Waals surface area contributed by atoms with Crippen molar-refractivity contribution in [2.45, 2.75) is 19.4 Å². The molecule has 3 heteroatoms. The number of ether oxygens (including phenoxy) is 1. The van der Waals surface area contributed by atoms with Crippen LogP contribution in [0, 0.1) is 5.92 Å². The molecule has 78 valence electrons. The van der Waals surface area contributed by atoms with Gasteiger partial charge in [-0.1, -0.05) is 6.07 Å². The molecule has 0 spiro atoms. The van der Waals surface area contributed by atoms with Gasteiger partial charge in [0.05, 0.1) is 13.2 Å². The van der Waals surface area contributed by atoms with Crippen LogP contribution in [-0.4, -0.2) is 19.7 Å². The second-order valence-corrected chi connectivity index (χ2v) is 4.84. The molecule has 14 heavy (non-hydrogen) atoms. The second kappa shape index (κ2) is 5.49. The first-order chi connectivity index (χ1) is 6.95. The molecule has 2 nitrogen and oxygen atoms in total. The molecular formula is C11H17NOS. The van der Waals surface area contributed by atoms with E-state index < -0.39 is 0 Å². The Morgan fingerprint density at radius 1 is 1.57 bits per heavy atom. The average Bonchev–Trinajstić information content (AvgIpc) is 2.72. The Labute approximate surface area is 89.3 Å². The summed E-state index contributed by atoms with van der Waals surface area (Å²) in [4.78, 5) is 1.33. The van der Waals surface area contributed by atoms with E-state index in [1.165, 1.54) is 24.3 Å². The van der Waals surface area contributed by atoms with E-state index in [1.807, 2.05) is 0 Å². The van der Waals surface area contributed by atoms with Crippen molar-refractivity contribution < 1.29 is 4.74 Å². The zero-order chi connectivity index (χ0) is 9.64. The third-order valence-electron chi connectivity index (χ3n) is 2.58. The average molecular weight is 211 g/mol. The van der Waals surface area contributed by atoms with Gasteiger partial charge >= 0.3 is 0 Å². The fourth-order valence-electron chi connectivity index (χ4n) is 1.79. The summed E-state index contributed by atoms with van der Waals surface area (Å²) in [6, 6.07) is 4.20. The van der Waals surface area contributed by atoms with Crippen LogP contribution in [0.1, 0.15) is 17.7 Å². The molecule has 0 bridgehead atoms. The van der Waals surface area contributed by atoms with Crippen molar-refractivity contribution >= 4 is 11.3 Å². The van der Waals surface area contributed by atoms with Crippen LogP contribution < -0.4 is 5.32 Å². The topological polar surface area (TPSA) is 21.3 Å². The van der Waals surface area contributed by atoms with Crippen molar-refractivity contribution in [3.05, 3.63) is 22.4 Å². The number of hydrogen-bond acceptors (Lipinski definition) is 3. The summed E-state index contributed by atoms with van der Waals surface area (Å²) >= 11 is 1.77. The summed E-state index contributed by atoms with van der Waals surface area (Å²) in [5.41, 5.74) is 0. The monoisotopic (exact) mass is 211 g/mol. The summed E-state index contributed by atoms with van der Waals surface area (Å²) < 4.78 is 5.69. The van der Waals surface area contributed by atoms with Crippen molar-refractivity contribution in [2.75, 3.05) is 19.7 Å². The Bertz CT molecular complexity index is 242. The molecule has 0 saturated carbocycles. The molecule has 0 aromatic carbocycles. The molecule has 1 unspecified atom stereocenters. The molecule has 1 fully saturated rings. The van der Waals surface area contributed by atoms with Gasteiger partial charge < -0.3 is 10.1 Å². The van der Waals surface area contributed by atoms with Crippen LogP contribution in [0.5, 0.6) is 0 Å². The van der Waals surface area contributed by atoms with Crippen molar-refractivity contribution in [3.63, 3.8) is 0 Å². The summed E-state index contributed by atoms with van der Waals surface area (Å²) in [6.07, 6.45) is 2.62. The van der Waals surface area contributed by atoms with Crippen molar-refractivity contribution in [1.82, 2.24) is 5.32 Å². The lowest BCUT2D eigenvalue weighted by molar-refractivity contribution is 0.0799. The van der Waals surface area contributed by atoms with E-state index in [0.29, 0.717) is 0 Å².